The van der Waals surface area contributed by atoms with E-state index in [9.17, 15) is 23.1 Å². The lowest BCUT2D eigenvalue weighted by atomic mass is 9.97. The number of hydrogen-bond donors (Lipinski definition) is 2. The average Bonchev–Trinajstić information content (AvgIpc) is 3.31. The van der Waals surface area contributed by atoms with E-state index in [1.165, 1.54) is 13.2 Å². The smallest absolute Gasteiger partial charge is 0.374 e. The SMILES string of the molecule is Cn1ccnc1C(O)(CC(=O)NCCc1cnn(-c2ccccc2)c1)C(F)(F)F. The number of nitrogens with one attached hydrogen (secondary N) is 1. The third kappa shape index (κ3) is 4.48. The Balaban J connectivity index is 1.59. The number of halogens is 3. The number of benzene rings is 1. The van der Waals surface area contributed by atoms with Crippen molar-refractivity contribution in [2.24, 2.45) is 7.05 Å². The first kappa shape index (κ1) is 20.6. The molecule has 0 bridgehead atoms. The monoisotopic (exact) mass is 407 g/mol. The van der Waals surface area contributed by atoms with Crippen LogP contribution in [0.25, 0.3) is 5.69 Å². The second-order valence-corrected chi connectivity index (χ2v) is 6.63. The number of para-hydroxylation sites is 1. The van der Waals surface area contributed by atoms with E-state index in [0.29, 0.717) is 6.42 Å². The van der Waals surface area contributed by atoms with Gasteiger partial charge in [0.1, 0.15) is 0 Å². The zero-order valence-corrected chi connectivity index (χ0v) is 15.6. The van der Waals surface area contributed by atoms with Gasteiger partial charge in [0.2, 0.25) is 11.5 Å². The Morgan fingerprint density at radius 1 is 1.24 bits per heavy atom. The molecule has 3 aromatic rings. The predicted octanol–water partition coefficient (Wildman–Crippen LogP) is 2.10. The summed E-state index contributed by atoms with van der Waals surface area (Å²) in [7, 11) is 1.32. The van der Waals surface area contributed by atoms with E-state index in [4.69, 9.17) is 0 Å². The summed E-state index contributed by atoms with van der Waals surface area (Å²) in [6.45, 7) is 0.105. The van der Waals surface area contributed by atoms with Crippen molar-refractivity contribution < 1.29 is 23.1 Å². The van der Waals surface area contributed by atoms with E-state index in [1.807, 2.05) is 30.3 Å². The van der Waals surface area contributed by atoms with Gasteiger partial charge in [-0.25, -0.2) is 9.67 Å². The number of aliphatic hydroxyl groups is 1. The summed E-state index contributed by atoms with van der Waals surface area (Å²) < 4.78 is 43.1. The first-order valence-electron chi connectivity index (χ1n) is 8.83. The van der Waals surface area contributed by atoms with Crippen molar-refractivity contribution in [3.8, 4) is 5.69 Å². The van der Waals surface area contributed by atoms with Crippen LogP contribution in [0.1, 0.15) is 17.8 Å². The summed E-state index contributed by atoms with van der Waals surface area (Å²) in [5.41, 5.74) is -1.69. The maximum absolute atomic E-state index is 13.5. The molecular formula is C19H20F3N5O2. The van der Waals surface area contributed by atoms with Crippen molar-refractivity contribution in [3.05, 3.63) is 66.5 Å². The zero-order valence-electron chi connectivity index (χ0n) is 15.6. The summed E-state index contributed by atoms with van der Waals surface area (Å²) in [5, 5.41) is 16.9. The molecule has 29 heavy (non-hydrogen) atoms. The fourth-order valence-electron chi connectivity index (χ4n) is 2.92. The van der Waals surface area contributed by atoms with E-state index in [0.717, 1.165) is 22.0 Å². The highest BCUT2D eigenvalue weighted by Gasteiger charge is 2.58. The highest BCUT2D eigenvalue weighted by atomic mass is 19.4. The van der Waals surface area contributed by atoms with Gasteiger partial charge in [-0.05, 0) is 24.1 Å². The molecule has 0 saturated carbocycles. The fourth-order valence-corrected chi connectivity index (χ4v) is 2.92. The Bertz CT molecular complexity index is 968. The number of alkyl halides is 3. The van der Waals surface area contributed by atoms with Crippen LogP contribution in [0.4, 0.5) is 13.2 Å². The predicted molar refractivity (Wildman–Crippen MR) is 98.1 cm³/mol. The molecule has 0 radical (unpaired) electrons. The molecule has 154 valence electrons. The van der Waals surface area contributed by atoms with Gasteiger partial charge in [-0.15, -0.1) is 0 Å². The first-order chi connectivity index (χ1) is 13.7. The normalized spacial score (nSPS) is 13.8. The van der Waals surface area contributed by atoms with Crippen LogP contribution in [0.5, 0.6) is 0 Å². The fraction of sp³-hybridized carbons (Fsp3) is 0.316. The molecule has 1 unspecified atom stereocenters. The van der Waals surface area contributed by atoms with Gasteiger partial charge >= 0.3 is 6.18 Å². The topological polar surface area (TPSA) is 85.0 Å². The Labute approximate surface area is 164 Å². The first-order valence-corrected chi connectivity index (χ1v) is 8.83. The van der Waals surface area contributed by atoms with E-state index < -0.39 is 29.9 Å². The number of aromatic nitrogens is 4. The number of hydrogen-bond acceptors (Lipinski definition) is 4. The number of nitrogens with zero attached hydrogens (tertiary/aromatic N) is 4. The maximum atomic E-state index is 13.5. The quantitative estimate of drug-likeness (QED) is 0.628. The van der Waals surface area contributed by atoms with Crippen LogP contribution in [-0.4, -0.2) is 43.1 Å². The van der Waals surface area contributed by atoms with Gasteiger partial charge in [-0.1, -0.05) is 18.2 Å². The molecule has 2 N–H and O–H groups in total. The Kier molecular flexibility index (Phi) is 5.73. The Hall–Kier alpha value is -3.14. The summed E-state index contributed by atoms with van der Waals surface area (Å²) in [5.74, 6) is -1.56. The molecule has 2 heterocycles. The maximum Gasteiger partial charge on any atom is 0.425 e. The van der Waals surface area contributed by atoms with Crippen LogP contribution >= 0.6 is 0 Å². The van der Waals surface area contributed by atoms with Crippen molar-refractivity contribution in [1.29, 1.82) is 0 Å². The largest absolute Gasteiger partial charge is 0.425 e. The van der Waals surface area contributed by atoms with Gasteiger partial charge in [-0.3, -0.25) is 4.79 Å². The molecule has 2 aromatic heterocycles. The van der Waals surface area contributed by atoms with Crippen molar-refractivity contribution in [3.63, 3.8) is 0 Å². The van der Waals surface area contributed by atoms with Gasteiger partial charge in [-0.2, -0.15) is 18.3 Å². The molecule has 0 aliphatic heterocycles. The third-order valence-corrected chi connectivity index (χ3v) is 4.47. The molecule has 3 rings (SSSR count). The lowest BCUT2D eigenvalue weighted by molar-refractivity contribution is -0.271. The second-order valence-electron chi connectivity index (χ2n) is 6.63. The van der Waals surface area contributed by atoms with E-state index in [-0.39, 0.29) is 6.54 Å². The standard InChI is InChI=1S/C19H20F3N5O2/c1-26-10-9-24-17(26)18(29,19(20,21)22)11-16(28)23-8-7-14-12-25-27(13-14)15-5-3-2-4-6-15/h2-6,9-10,12-13,29H,7-8,11H2,1H3,(H,23,28). The number of amides is 1. The summed E-state index contributed by atoms with van der Waals surface area (Å²) in [4.78, 5) is 15.7. The third-order valence-electron chi connectivity index (χ3n) is 4.47. The molecule has 1 aromatic carbocycles. The van der Waals surface area contributed by atoms with E-state index in [1.54, 1.807) is 17.1 Å². The minimum atomic E-state index is -5.06. The van der Waals surface area contributed by atoms with E-state index in [2.05, 4.69) is 15.4 Å². The number of carbonyl (C=O) groups excluding carboxylic acids is 1. The van der Waals surface area contributed by atoms with Crippen LogP contribution in [0.3, 0.4) is 0 Å². The zero-order chi connectivity index (χ0) is 21.1. The number of carbonyl (C=O) groups is 1. The van der Waals surface area contributed by atoms with Gasteiger partial charge in [0, 0.05) is 32.2 Å². The molecule has 7 nitrogen and oxygen atoms in total. The van der Waals surface area contributed by atoms with Gasteiger partial charge < -0.3 is 15.0 Å². The van der Waals surface area contributed by atoms with Crippen molar-refractivity contribution in [2.45, 2.75) is 24.6 Å². The summed E-state index contributed by atoms with van der Waals surface area (Å²) >= 11 is 0. The lowest BCUT2D eigenvalue weighted by Gasteiger charge is -2.29. The Morgan fingerprint density at radius 3 is 2.59 bits per heavy atom. The van der Waals surface area contributed by atoms with Crippen LogP contribution in [0.15, 0.2) is 55.1 Å². The molecule has 0 spiro atoms. The molecule has 0 saturated heterocycles. The average molecular weight is 407 g/mol. The van der Waals surface area contributed by atoms with Crippen LogP contribution in [-0.2, 0) is 23.9 Å². The van der Waals surface area contributed by atoms with Gasteiger partial charge in [0.05, 0.1) is 18.3 Å². The molecule has 0 aliphatic carbocycles. The summed E-state index contributed by atoms with van der Waals surface area (Å²) in [6, 6.07) is 9.40. The second kappa shape index (κ2) is 8.08. The number of rotatable bonds is 7. The summed E-state index contributed by atoms with van der Waals surface area (Å²) in [6.07, 6.45) is -0.0421. The van der Waals surface area contributed by atoms with Crippen LogP contribution in [0, 0.1) is 0 Å². The van der Waals surface area contributed by atoms with Crippen LogP contribution in [0.2, 0.25) is 0 Å². The molecule has 1 atom stereocenters. The molecular weight excluding hydrogens is 387 g/mol. The molecule has 1 amide bonds. The minimum absolute atomic E-state index is 0.105. The lowest BCUT2D eigenvalue weighted by Crippen LogP contribution is -2.48. The van der Waals surface area contributed by atoms with Crippen molar-refractivity contribution in [2.75, 3.05) is 6.54 Å². The highest BCUT2D eigenvalue weighted by molar-refractivity contribution is 5.77. The highest BCUT2D eigenvalue weighted by Crippen LogP contribution is 2.40. The molecule has 0 fully saturated rings. The molecule has 0 aliphatic rings. The van der Waals surface area contributed by atoms with E-state index >= 15 is 0 Å². The van der Waals surface area contributed by atoms with Crippen LogP contribution < -0.4 is 5.32 Å². The van der Waals surface area contributed by atoms with Gasteiger partial charge in [0.15, 0.2) is 5.82 Å². The molecule has 10 heteroatoms. The minimum Gasteiger partial charge on any atom is -0.374 e. The van der Waals surface area contributed by atoms with Crippen molar-refractivity contribution in [1.82, 2.24) is 24.6 Å². The number of imidazole rings is 1. The Morgan fingerprint density at radius 2 is 1.97 bits per heavy atom. The van der Waals surface area contributed by atoms with Crippen molar-refractivity contribution >= 4 is 5.91 Å². The van der Waals surface area contributed by atoms with Gasteiger partial charge in [0.25, 0.3) is 0 Å². The number of aryl methyl sites for hydroxylation is 1.